The molecule has 0 amide bonds. The summed E-state index contributed by atoms with van der Waals surface area (Å²) in [4.78, 5) is 0. The number of hydrogen-bond donors (Lipinski definition) is 3. The highest BCUT2D eigenvalue weighted by Gasteiger charge is 2.22. The minimum Gasteiger partial charge on any atom is -0.393 e. The maximum atomic E-state index is 9.48. The van der Waals surface area contributed by atoms with E-state index in [-0.39, 0.29) is 6.10 Å². The van der Waals surface area contributed by atoms with Gasteiger partial charge in [0.05, 0.1) is 6.10 Å². The van der Waals surface area contributed by atoms with Crippen LogP contribution in [0.3, 0.4) is 0 Å². The Bertz CT molecular complexity index is 159. The van der Waals surface area contributed by atoms with Crippen molar-refractivity contribution in [3.8, 4) is 0 Å². The molecular formula is C10H20N2O. The van der Waals surface area contributed by atoms with E-state index in [4.69, 9.17) is 0 Å². The maximum absolute atomic E-state index is 9.48. The van der Waals surface area contributed by atoms with Crippen LogP contribution in [0.1, 0.15) is 25.7 Å². The molecule has 2 unspecified atom stereocenters. The van der Waals surface area contributed by atoms with E-state index < -0.39 is 0 Å². The van der Waals surface area contributed by atoms with E-state index in [2.05, 4.69) is 10.6 Å². The van der Waals surface area contributed by atoms with Gasteiger partial charge in [-0.05, 0) is 31.7 Å². The standard InChI is InChI=1S/C10H20N2O/c13-10-3-1-2-8(4-10)5-12-9-6-11-7-9/h8-13H,1-7H2. The molecule has 13 heavy (non-hydrogen) atoms. The highest BCUT2D eigenvalue weighted by molar-refractivity contribution is 4.83. The molecule has 0 spiro atoms. The average molecular weight is 184 g/mol. The van der Waals surface area contributed by atoms with Crippen LogP contribution in [0.2, 0.25) is 0 Å². The quantitative estimate of drug-likeness (QED) is 0.583. The molecule has 0 radical (unpaired) electrons. The van der Waals surface area contributed by atoms with Gasteiger partial charge < -0.3 is 15.7 Å². The van der Waals surface area contributed by atoms with Crippen LogP contribution in [-0.4, -0.2) is 36.9 Å². The molecule has 0 aromatic rings. The van der Waals surface area contributed by atoms with Crippen molar-refractivity contribution in [3.05, 3.63) is 0 Å². The molecule has 1 saturated heterocycles. The summed E-state index contributed by atoms with van der Waals surface area (Å²) in [5.74, 6) is 0.712. The summed E-state index contributed by atoms with van der Waals surface area (Å²) >= 11 is 0. The first-order valence-electron chi connectivity index (χ1n) is 5.47. The van der Waals surface area contributed by atoms with E-state index in [1.807, 2.05) is 0 Å². The zero-order valence-corrected chi connectivity index (χ0v) is 8.13. The first-order valence-corrected chi connectivity index (χ1v) is 5.47. The van der Waals surface area contributed by atoms with Crippen LogP contribution in [0.4, 0.5) is 0 Å². The normalized spacial score (nSPS) is 35.8. The lowest BCUT2D eigenvalue weighted by Gasteiger charge is -2.32. The van der Waals surface area contributed by atoms with Gasteiger partial charge in [0, 0.05) is 19.1 Å². The maximum Gasteiger partial charge on any atom is 0.0543 e. The SMILES string of the molecule is OC1CCCC(CNC2CNC2)C1. The minimum absolute atomic E-state index is 0.0277. The lowest BCUT2D eigenvalue weighted by atomic mass is 9.87. The van der Waals surface area contributed by atoms with Crippen LogP contribution in [-0.2, 0) is 0 Å². The van der Waals surface area contributed by atoms with Crippen molar-refractivity contribution >= 4 is 0 Å². The van der Waals surface area contributed by atoms with Crippen molar-refractivity contribution in [2.24, 2.45) is 5.92 Å². The summed E-state index contributed by atoms with van der Waals surface area (Å²) in [6.45, 7) is 3.34. The van der Waals surface area contributed by atoms with Gasteiger partial charge in [0.2, 0.25) is 0 Å². The second-order valence-corrected chi connectivity index (χ2v) is 4.45. The van der Waals surface area contributed by atoms with Gasteiger partial charge in [-0.1, -0.05) is 6.42 Å². The Balaban J connectivity index is 1.62. The summed E-state index contributed by atoms with van der Waals surface area (Å²) < 4.78 is 0. The first kappa shape index (κ1) is 9.44. The van der Waals surface area contributed by atoms with E-state index in [0.29, 0.717) is 12.0 Å². The molecule has 1 saturated carbocycles. The second-order valence-electron chi connectivity index (χ2n) is 4.45. The van der Waals surface area contributed by atoms with Gasteiger partial charge in [-0.3, -0.25) is 0 Å². The van der Waals surface area contributed by atoms with Crippen LogP contribution in [0, 0.1) is 5.92 Å². The molecule has 2 aliphatic rings. The Morgan fingerprint density at radius 1 is 1.31 bits per heavy atom. The van der Waals surface area contributed by atoms with Crippen molar-refractivity contribution in [2.75, 3.05) is 19.6 Å². The Labute approximate surface area is 79.9 Å². The molecule has 0 aromatic carbocycles. The van der Waals surface area contributed by atoms with Crippen LogP contribution in [0.25, 0.3) is 0 Å². The van der Waals surface area contributed by atoms with Crippen LogP contribution < -0.4 is 10.6 Å². The zero-order valence-electron chi connectivity index (χ0n) is 8.13. The van der Waals surface area contributed by atoms with E-state index in [1.54, 1.807) is 0 Å². The van der Waals surface area contributed by atoms with Crippen molar-refractivity contribution in [3.63, 3.8) is 0 Å². The highest BCUT2D eigenvalue weighted by Crippen LogP contribution is 2.23. The first-order chi connectivity index (χ1) is 6.34. The summed E-state index contributed by atoms with van der Waals surface area (Å²) in [5, 5.41) is 16.3. The third-order valence-electron chi connectivity index (χ3n) is 3.23. The topological polar surface area (TPSA) is 44.3 Å². The summed E-state index contributed by atoms with van der Waals surface area (Å²) in [6.07, 6.45) is 4.50. The molecule has 76 valence electrons. The molecule has 1 aliphatic heterocycles. The molecule has 0 aromatic heterocycles. The number of rotatable bonds is 3. The number of aliphatic hydroxyl groups excluding tert-OH is 1. The predicted octanol–water partition coefficient (Wildman–Crippen LogP) is 0.0989. The molecule has 2 rings (SSSR count). The summed E-state index contributed by atoms with van der Waals surface area (Å²) in [5.41, 5.74) is 0. The van der Waals surface area contributed by atoms with Crippen molar-refractivity contribution in [1.29, 1.82) is 0 Å². The van der Waals surface area contributed by atoms with Gasteiger partial charge in [-0.15, -0.1) is 0 Å². The van der Waals surface area contributed by atoms with E-state index in [9.17, 15) is 5.11 Å². The molecule has 0 bridgehead atoms. The largest absolute Gasteiger partial charge is 0.393 e. The predicted molar refractivity (Wildman–Crippen MR) is 52.6 cm³/mol. The molecule has 2 fully saturated rings. The third kappa shape index (κ3) is 2.66. The molecule has 3 nitrogen and oxygen atoms in total. The molecule has 1 aliphatic carbocycles. The zero-order chi connectivity index (χ0) is 9.10. The fourth-order valence-corrected chi connectivity index (χ4v) is 2.21. The lowest BCUT2D eigenvalue weighted by molar-refractivity contribution is 0.0987. The van der Waals surface area contributed by atoms with Crippen molar-refractivity contribution < 1.29 is 5.11 Å². The monoisotopic (exact) mass is 184 g/mol. The minimum atomic E-state index is -0.0277. The Kier molecular flexibility index (Phi) is 3.19. The van der Waals surface area contributed by atoms with Gasteiger partial charge in [0.1, 0.15) is 0 Å². The fraction of sp³-hybridized carbons (Fsp3) is 1.00. The molecule has 3 N–H and O–H groups in total. The molecular weight excluding hydrogens is 164 g/mol. The number of nitrogens with one attached hydrogen (secondary N) is 2. The second kappa shape index (κ2) is 4.40. The molecule has 2 atom stereocenters. The number of hydrogen-bond acceptors (Lipinski definition) is 3. The molecule has 3 heteroatoms. The van der Waals surface area contributed by atoms with Gasteiger partial charge in [-0.2, -0.15) is 0 Å². The van der Waals surface area contributed by atoms with Gasteiger partial charge in [-0.25, -0.2) is 0 Å². The van der Waals surface area contributed by atoms with Crippen molar-refractivity contribution in [2.45, 2.75) is 37.8 Å². The average Bonchev–Trinajstić information content (AvgIpc) is 2.01. The highest BCUT2D eigenvalue weighted by atomic mass is 16.3. The third-order valence-corrected chi connectivity index (χ3v) is 3.23. The van der Waals surface area contributed by atoms with Gasteiger partial charge >= 0.3 is 0 Å². The Hall–Kier alpha value is -0.120. The smallest absolute Gasteiger partial charge is 0.0543 e. The van der Waals surface area contributed by atoms with Gasteiger partial charge in [0.25, 0.3) is 0 Å². The van der Waals surface area contributed by atoms with Crippen LogP contribution in [0.5, 0.6) is 0 Å². The Morgan fingerprint density at radius 3 is 2.77 bits per heavy atom. The molecule has 1 heterocycles. The van der Waals surface area contributed by atoms with E-state index in [0.717, 1.165) is 32.5 Å². The number of aliphatic hydroxyl groups is 1. The lowest BCUT2D eigenvalue weighted by Crippen LogP contribution is -2.56. The van der Waals surface area contributed by atoms with E-state index in [1.165, 1.54) is 12.8 Å². The Morgan fingerprint density at radius 2 is 2.15 bits per heavy atom. The van der Waals surface area contributed by atoms with Crippen LogP contribution in [0.15, 0.2) is 0 Å². The van der Waals surface area contributed by atoms with Crippen molar-refractivity contribution in [1.82, 2.24) is 10.6 Å². The van der Waals surface area contributed by atoms with Crippen LogP contribution >= 0.6 is 0 Å². The van der Waals surface area contributed by atoms with Gasteiger partial charge in [0.15, 0.2) is 0 Å². The summed E-state index contributed by atoms with van der Waals surface area (Å²) in [6, 6.07) is 0.694. The summed E-state index contributed by atoms with van der Waals surface area (Å²) in [7, 11) is 0. The fourth-order valence-electron chi connectivity index (χ4n) is 2.21. The van der Waals surface area contributed by atoms with E-state index >= 15 is 0 Å².